The summed E-state index contributed by atoms with van der Waals surface area (Å²) in [4.78, 5) is 16.6. The highest BCUT2D eigenvalue weighted by atomic mass is 35.5. The van der Waals surface area contributed by atoms with Gasteiger partial charge in [-0.3, -0.25) is 9.80 Å². The molecule has 1 heterocycles. The molecule has 6 nitrogen and oxygen atoms in total. The van der Waals surface area contributed by atoms with Gasteiger partial charge < -0.3 is 14.6 Å². The summed E-state index contributed by atoms with van der Waals surface area (Å²) >= 11 is 6.05. The second kappa shape index (κ2) is 9.31. The largest absolute Gasteiger partial charge is 0.573 e. The Labute approximate surface area is 211 Å². The van der Waals surface area contributed by atoms with Crippen LogP contribution in [0.1, 0.15) is 18.1 Å². The van der Waals surface area contributed by atoms with E-state index in [0.717, 1.165) is 22.6 Å². The van der Waals surface area contributed by atoms with Crippen LogP contribution in [0.15, 0.2) is 72.8 Å². The summed E-state index contributed by atoms with van der Waals surface area (Å²) in [5.74, 6) is -0.537. The first-order valence-corrected chi connectivity index (χ1v) is 11.3. The van der Waals surface area contributed by atoms with E-state index in [-0.39, 0.29) is 17.9 Å². The average Bonchev–Trinajstić information content (AvgIpc) is 2.98. The zero-order chi connectivity index (χ0) is 26.3. The molecular formula is C26H24ClF3N2O4. The molecule has 2 atom stereocenters. The quantitative estimate of drug-likeness (QED) is 0.418. The Bertz CT molecular complexity index is 1250. The zero-order valence-corrected chi connectivity index (χ0v) is 20.5. The Morgan fingerprint density at radius 3 is 2.14 bits per heavy atom. The minimum absolute atomic E-state index is 0.00158. The van der Waals surface area contributed by atoms with E-state index in [0.29, 0.717) is 10.7 Å². The van der Waals surface area contributed by atoms with Crippen molar-refractivity contribution in [3.63, 3.8) is 0 Å². The monoisotopic (exact) mass is 520 g/mol. The number of halogens is 4. The molecule has 0 bridgehead atoms. The fourth-order valence-corrected chi connectivity index (χ4v) is 4.75. The van der Waals surface area contributed by atoms with E-state index in [1.54, 1.807) is 43.3 Å². The second-order valence-electron chi connectivity index (χ2n) is 8.72. The lowest BCUT2D eigenvalue weighted by molar-refractivity contribution is -0.274. The van der Waals surface area contributed by atoms with Crippen LogP contribution in [0.3, 0.4) is 0 Å². The minimum atomic E-state index is -4.94. The van der Waals surface area contributed by atoms with Gasteiger partial charge in [-0.1, -0.05) is 41.4 Å². The normalized spacial score (nSPS) is 22.3. The lowest BCUT2D eigenvalue weighted by Crippen LogP contribution is -2.60. The number of nitrogens with zero attached hydrogens (tertiary/aromatic N) is 2. The Morgan fingerprint density at radius 1 is 0.972 bits per heavy atom. The van der Waals surface area contributed by atoms with Crippen LogP contribution in [-0.2, 0) is 10.5 Å². The number of ether oxygens (including phenoxy) is 2. The van der Waals surface area contributed by atoms with Crippen molar-refractivity contribution in [3.8, 4) is 5.75 Å². The lowest BCUT2D eigenvalue weighted by Gasteiger charge is -2.44. The van der Waals surface area contributed by atoms with Gasteiger partial charge in [0.05, 0.1) is 6.61 Å². The first-order chi connectivity index (χ1) is 16.9. The van der Waals surface area contributed by atoms with Crippen LogP contribution >= 0.6 is 11.6 Å². The number of amides is 2. The molecular weight excluding hydrogens is 497 g/mol. The van der Waals surface area contributed by atoms with E-state index in [1.807, 2.05) is 19.1 Å². The zero-order valence-electron chi connectivity index (χ0n) is 19.7. The number of methoxy groups -OCH3 is 1. The Balaban J connectivity index is 1.98. The molecule has 2 unspecified atom stereocenters. The van der Waals surface area contributed by atoms with Crippen molar-refractivity contribution in [2.75, 3.05) is 23.5 Å². The molecule has 1 N–H and O–H groups in total. The molecule has 1 saturated heterocycles. The molecule has 1 aliphatic heterocycles. The molecule has 0 saturated carbocycles. The summed E-state index contributed by atoms with van der Waals surface area (Å²) < 4.78 is 48.5. The molecule has 10 heteroatoms. The Morgan fingerprint density at radius 2 is 1.56 bits per heavy atom. The van der Waals surface area contributed by atoms with Gasteiger partial charge in [-0.15, -0.1) is 13.2 Å². The maximum Gasteiger partial charge on any atom is 0.573 e. The number of hydrogen-bond acceptors (Lipinski definition) is 4. The van der Waals surface area contributed by atoms with Gasteiger partial charge in [0.1, 0.15) is 11.3 Å². The Hall–Kier alpha value is -3.27. The predicted octanol–water partition coefficient (Wildman–Crippen LogP) is 6.24. The number of aryl methyl sites for hydroxylation is 1. The van der Waals surface area contributed by atoms with E-state index in [9.17, 15) is 23.1 Å². The summed E-state index contributed by atoms with van der Waals surface area (Å²) in [6.07, 6.45) is -4.94. The van der Waals surface area contributed by atoms with Gasteiger partial charge in [0, 0.05) is 29.1 Å². The van der Waals surface area contributed by atoms with Gasteiger partial charge >= 0.3 is 12.4 Å². The molecule has 190 valence electrons. The van der Waals surface area contributed by atoms with Crippen LogP contribution in [0.5, 0.6) is 5.75 Å². The fraction of sp³-hybridized carbons (Fsp3) is 0.269. The van der Waals surface area contributed by atoms with E-state index >= 15 is 0 Å². The standard InChI is InChI=1S/C26H24ClF3N2O4/c1-17-7-11-20(12-8-17)31-23(33)32(21-13-9-19(27)10-14-21)25(34,24(31,2)16-35-3)18-5-4-6-22(15-18)36-26(28,29)30/h4-15,34H,16H2,1-3H3. The number of aliphatic hydroxyl groups is 1. The van der Waals surface area contributed by atoms with Crippen LogP contribution in [0, 0.1) is 6.92 Å². The second-order valence-corrected chi connectivity index (χ2v) is 9.16. The molecule has 1 fully saturated rings. The number of alkyl halides is 3. The third kappa shape index (κ3) is 4.38. The molecule has 4 rings (SSSR count). The molecule has 0 radical (unpaired) electrons. The van der Waals surface area contributed by atoms with E-state index < -0.39 is 29.4 Å². The maximum atomic E-state index is 14.1. The fourth-order valence-electron chi connectivity index (χ4n) is 4.62. The number of hydrogen-bond donors (Lipinski definition) is 1. The lowest BCUT2D eigenvalue weighted by atomic mass is 9.82. The van der Waals surface area contributed by atoms with E-state index in [1.165, 1.54) is 24.1 Å². The van der Waals surface area contributed by atoms with Crippen molar-refractivity contribution in [1.29, 1.82) is 0 Å². The SMILES string of the molecule is COCC1(C)N(c2ccc(C)cc2)C(=O)N(c2ccc(Cl)cc2)C1(O)c1cccc(OC(F)(F)F)c1. The minimum Gasteiger partial charge on any atom is -0.406 e. The maximum absolute atomic E-state index is 14.1. The highest BCUT2D eigenvalue weighted by Crippen LogP contribution is 2.51. The third-order valence-corrected chi connectivity index (χ3v) is 6.48. The van der Waals surface area contributed by atoms with Crippen molar-refractivity contribution >= 4 is 29.0 Å². The van der Waals surface area contributed by atoms with Gasteiger partial charge in [-0.25, -0.2) is 4.79 Å². The third-order valence-electron chi connectivity index (χ3n) is 6.22. The van der Waals surface area contributed by atoms with Crippen molar-refractivity contribution < 1.29 is 32.5 Å². The van der Waals surface area contributed by atoms with Gasteiger partial charge in [0.15, 0.2) is 5.72 Å². The van der Waals surface area contributed by atoms with Gasteiger partial charge in [-0.2, -0.15) is 0 Å². The Kier molecular flexibility index (Phi) is 6.68. The van der Waals surface area contributed by atoms with E-state index in [4.69, 9.17) is 16.3 Å². The van der Waals surface area contributed by atoms with Crippen LogP contribution in [0.4, 0.5) is 29.3 Å². The van der Waals surface area contributed by atoms with Crippen LogP contribution < -0.4 is 14.5 Å². The predicted molar refractivity (Wildman–Crippen MR) is 130 cm³/mol. The van der Waals surface area contributed by atoms with Gasteiger partial charge in [0.2, 0.25) is 0 Å². The molecule has 0 spiro atoms. The molecule has 1 aliphatic rings. The highest BCUT2D eigenvalue weighted by molar-refractivity contribution is 6.30. The smallest absolute Gasteiger partial charge is 0.406 e. The summed E-state index contributed by atoms with van der Waals surface area (Å²) in [6.45, 7) is 3.35. The van der Waals surface area contributed by atoms with Gasteiger partial charge in [0.25, 0.3) is 0 Å². The first-order valence-electron chi connectivity index (χ1n) is 10.9. The van der Waals surface area contributed by atoms with Crippen molar-refractivity contribution in [2.24, 2.45) is 0 Å². The first kappa shape index (κ1) is 25.8. The summed E-state index contributed by atoms with van der Waals surface area (Å²) in [5.41, 5.74) is -1.97. The number of urea groups is 1. The molecule has 3 aromatic rings. The molecule has 36 heavy (non-hydrogen) atoms. The number of anilines is 2. The topological polar surface area (TPSA) is 62.2 Å². The van der Waals surface area contributed by atoms with Crippen molar-refractivity contribution in [2.45, 2.75) is 31.5 Å². The van der Waals surface area contributed by atoms with Crippen LogP contribution in [0.2, 0.25) is 5.02 Å². The molecule has 0 aromatic heterocycles. The number of rotatable bonds is 6. The van der Waals surface area contributed by atoms with E-state index in [2.05, 4.69) is 4.74 Å². The number of carbonyl (C=O) groups is 1. The van der Waals surface area contributed by atoms with Crippen molar-refractivity contribution in [1.82, 2.24) is 0 Å². The van der Waals surface area contributed by atoms with Crippen molar-refractivity contribution in [3.05, 3.63) is 88.9 Å². The summed E-state index contributed by atoms with van der Waals surface area (Å²) in [5, 5.41) is 12.9. The average molecular weight is 521 g/mol. The molecule has 2 amide bonds. The van der Waals surface area contributed by atoms with Crippen LogP contribution in [-0.4, -0.2) is 36.8 Å². The number of benzene rings is 3. The van der Waals surface area contributed by atoms with Gasteiger partial charge in [-0.05, 0) is 62.4 Å². The molecule has 3 aromatic carbocycles. The highest BCUT2D eigenvalue weighted by Gasteiger charge is 2.66. The summed E-state index contributed by atoms with van der Waals surface area (Å²) in [6, 6.07) is 17.6. The number of carbonyl (C=O) groups excluding carboxylic acids is 1. The van der Waals surface area contributed by atoms with Crippen LogP contribution in [0.25, 0.3) is 0 Å². The summed E-state index contributed by atoms with van der Waals surface area (Å²) in [7, 11) is 1.41. The molecule has 0 aliphatic carbocycles.